The van der Waals surface area contributed by atoms with Gasteiger partial charge in [0.2, 0.25) is 0 Å². The smallest absolute Gasteiger partial charge is 0.191 e. The minimum absolute atomic E-state index is 0.145. The molecule has 33 heavy (non-hydrogen) atoms. The zero-order chi connectivity index (χ0) is 22.3. The minimum Gasteiger partial charge on any atom is -0.497 e. The summed E-state index contributed by atoms with van der Waals surface area (Å²) >= 11 is 0. The molecule has 5 nitrogen and oxygen atoms in total. The number of ether oxygens (including phenoxy) is 2. The first-order chi connectivity index (χ1) is 16.2. The molecule has 2 N–H and O–H groups in total. The Morgan fingerprint density at radius 1 is 1.00 bits per heavy atom. The molecule has 3 aliphatic heterocycles. The van der Waals surface area contributed by atoms with Gasteiger partial charge in [0.15, 0.2) is 5.72 Å². The molecule has 6 rings (SSSR count). The van der Waals surface area contributed by atoms with Crippen molar-refractivity contribution in [1.29, 1.82) is 0 Å². The number of para-hydroxylation sites is 1. The van der Waals surface area contributed by atoms with Crippen molar-refractivity contribution in [1.82, 2.24) is 10.4 Å². The summed E-state index contributed by atoms with van der Waals surface area (Å²) in [6.45, 7) is 3.23. The van der Waals surface area contributed by atoms with Crippen molar-refractivity contribution < 1.29 is 14.4 Å². The van der Waals surface area contributed by atoms with E-state index in [4.69, 9.17) is 9.47 Å². The van der Waals surface area contributed by atoms with Crippen LogP contribution in [0.5, 0.6) is 11.5 Å². The fourth-order valence-corrected chi connectivity index (χ4v) is 5.47. The summed E-state index contributed by atoms with van der Waals surface area (Å²) in [5, 5.41) is 2.36. The molecule has 168 valence electrons. The first kappa shape index (κ1) is 20.3. The maximum absolute atomic E-state index is 6.79. The number of nitrogens with zero attached hydrogens (tertiary/aromatic N) is 1. The molecule has 3 aromatic rings. The number of hydrogen-bond donors (Lipinski definition) is 2. The van der Waals surface area contributed by atoms with Gasteiger partial charge in [0.25, 0.3) is 0 Å². The lowest BCUT2D eigenvalue weighted by atomic mass is 9.92. The van der Waals surface area contributed by atoms with Crippen LogP contribution in [-0.4, -0.2) is 30.9 Å². The summed E-state index contributed by atoms with van der Waals surface area (Å²) in [4.78, 5) is 1.62. The van der Waals surface area contributed by atoms with Gasteiger partial charge in [-0.1, -0.05) is 60.7 Å². The van der Waals surface area contributed by atoms with E-state index in [0.29, 0.717) is 0 Å². The SMILES string of the molecule is COc1cccc(C2=CC3c4ccccc4OC4(CC[NH+](Cc5ccccc5)CC4)N3N2)c1. The van der Waals surface area contributed by atoms with Gasteiger partial charge in [-0.2, -0.15) is 5.01 Å². The minimum atomic E-state index is -0.351. The summed E-state index contributed by atoms with van der Waals surface area (Å²) in [6.07, 6.45) is 4.29. The van der Waals surface area contributed by atoms with E-state index in [-0.39, 0.29) is 11.8 Å². The third kappa shape index (κ3) is 3.67. The molecular formula is C28H30N3O2+. The molecule has 0 radical (unpaired) electrons. The first-order valence-electron chi connectivity index (χ1n) is 11.8. The van der Waals surface area contributed by atoms with Crippen molar-refractivity contribution in [3.05, 3.63) is 102 Å². The average Bonchev–Trinajstić information content (AvgIpc) is 3.33. The van der Waals surface area contributed by atoms with E-state index in [1.54, 1.807) is 12.0 Å². The molecule has 1 saturated heterocycles. The van der Waals surface area contributed by atoms with Crippen molar-refractivity contribution in [3.63, 3.8) is 0 Å². The summed E-state index contributed by atoms with van der Waals surface area (Å²) in [7, 11) is 1.71. The van der Waals surface area contributed by atoms with Crippen molar-refractivity contribution in [2.75, 3.05) is 20.2 Å². The van der Waals surface area contributed by atoms with Gasteiger partial charge >= 0.3 is 0 Å². The third-order valence-electron chi connectivity index (χ3n) is 7.24. The Balaban J connectivity index is 1.28. The lowest BCUT2D eigenvalue weighted by molar-refractivity contribution is -0.921. The highest BCUT2D eigenvalue weighted by molar-refractivity contribution is 5.68. The molecule has 1 spiro atoms. The molecular weight excluding hydrogens is 410 g/mol. The van der Waals surface area contributed by atoms with Crippen LogP contribution in [0.15, 0.2) is 84.9 Å². The van der Waals surface area contributed by atoms with Gasteiger partial charge in [0, 0.05) is 16.7 Å². The Morgan fingerprint density at radius 2 is 1.79 bits per heavy atom. The van der Waals surface area contributed by atoms with Gasteiger partial charge in [-0.05, 0) is 24.3 Å². The normalized spacial score (nSPS) is 26.0. The number of nitrogens with one attached hydrogen (secondary N) is 2. The van der Waals surface area contributed by atoms with E-state index in [2.05, 4.69) is 83.2 Å². The molecule has 3 aliphatic rings. The van der Waals surface area contributed by atoms with Crippen molar-refractivity contribution in [2.45, 2.75) is 31.2 Å². The van der Waals surface area contributed by atoms with E-state index >= 15 is 0 Å². The molecule has 0 bridgehead atoms. The van der Waals surface area contributed by atoms with Gasteiger partial charge in [-0.15, -0.1) is 0 Å². The molecule has 1 unspecified atom stereocenters. The number of hydrogen-bond acceptors (Lipinski definition) is 4. The predicted molar refractivity (Wildman–Crippen MR) is 129 cm³/mol. The quantitative estimate of drug-likeness (QED) is 0.651. The number of hydrazine groups is 1. The average molecular weight is 441 g/mol. The molecule has 0 saturated carbocycles. The van der Waals surface area contributed by atoms with Gasteiger partial charge < -0.3 is 19.8 Å². The topological polar surface area (TPSA) is 38.2 Å². The van der Waals surface area contributed by atoms with Crippen LogP contribution in [0.4, 0.5) is 0 Å². The number of quaternary nitrogens is 1. The largest absolute Gasteiger partial charge is 0.497 e. The van der Waals surface area contributed by atoms with Crippen LogP contribution in [0, 0.1) is 0 Å². The number of fused-ring (bicyclic) bond motifs is 4. The molecule has 1 fully saturated rings. The van der Waals surface area contributed by atoms with Crippen LogP contribution < -0.4 is 19.8 Å². The Morgan fingerprint density at radius 3 is 2.61 bits per heavy atom. The van der Waals surface area contributed by atoms with Crippen molar-refractivity contribution in [3.8, 4) is 11.5 Å². The lowest BCUT2D eigenvalue weighted by Gasteiger charge is -2.50. The number of methoxy groups -OCH3 is 1. The molecule has 1 atom stereocenters. The number of rotatable bonds is 4. The Kier molecular flexibility index (Phi) is 5.08. The second kappa shape index (κ2) is 8.25. The number of benzene rings is 3. The number of piperidine rings is 1. The van der Waals surface area contributed by atoms with E-state index < -0.39 is 0 Å². The second-order valence-electron chi connectivity index (χ2n) is 9.24. The summed E-state index contributed by atoms with van der Waals surface area (Å²) < 4.78 is 12.3. The molecule has 0 aliphatic carbocycles. The van der Waals surface area contributed by atoms with Gasteiger partial charge in [0.05, 0.1) is 44.8 Å². The Hall–Kier alpha value is -3.28. The highest BCUT2D eigenvalue weighted by atomic mass is 16.5. The van der Waals surface area contributed by atoms with Gasteiger partial charge in [-0.25, -0.2) is 0 Å². The fraction of sp³-hybridized carbons (Fsp3) is 0.286. The highest BCUT2D eigenvalue weighted by Gasteiger charge is 2.52. The molecule has 3 heterocycles. The third-order valence-corrected chi connectivity index (χ3v) is 7.24. The van der Waals surface area contributed by atoms with E-state index in [1.165, 1.54) is 11.1 Å². The van der Waals surface area contributed by atoms with Gasteiger partial charge in [-0.3, -0.25) is 0 Å². The van der Waals surface area contributed by atoms with Crippen LogP contribution in [0.2, 0.25) is 0 Å². The van der Waals surface area contributed by atoms with Crippen LogP contribution in [0.3, 0.4) is 0 Å². The van der Waals surface area contributed by atoms with Crippen molar-refractivity contribution >= 4 is 5.70 Å². The standard InChI is InChI=1S/C28H29N3O2/c1-32-23-11-7-10-22(18-23)25-19-26-24-12-5-6-13-27(24)33-28(31(26)29-25)14-16-30(17-15-28)20-21-8-3-2-4-9-21/h2-13,18-19,26,29H,14-17,20H2,1H3/p+1. The lowest BCUT2D eigenvalue weighted by Crippen LogP contribution is -3.12. The zero-order valence-electron chi connectivity index (χ0n) is 19.0. The van der Waals surface area contributed by atoms with E-state index in [1.807, 2.05) is 12.1 Å². The Labute approximate surface area is 195 Å². The molecule has 0 amide bonds. The highest BCUT2D eigenvalue weighted by Crippen LogP contribution is 2.47. The first-order valence-corrected chi connectivity index (χ1v) is 11.8. The molecule has 0 aromatic heterocycles. The fourth-order valence-electron chi connectivity index (χ4n) is 5.47. The van der Waals surface area contributed by atoms with Crippen LogP contribution in [-0.2, 0) is 6.54 Å². The maximum atomic E-state index is 6.79. The van der Waals surface area contributed by atoms with E-state index in [9.17, 15) is 0 Å². The Bertz CT molecular complexity index is 1170. The summed E-state index contributed by atoms with van der Waals surface area (Å²) in [5.41, 5.74) is 8.23. The monoisotopic (exact) mass is 440 g/mol. The second-order valence-corrected chi connectivity index (χ2v) is 9.24. The predicted octanol–water partition coefficient (Wildman–Crippen LogP) is 3.57. The van der Waals surface area contributed by atoms with Crippen molar-refractivity contribution in [2.24, 2.45) is 0 Å². The van der Waals surface area contributed by atoms with Gasteiger partial charge in [0.1, 0.15) is 18.0 Å². The zero-order valence-corrected chi connectivity index (χ0v) is 19.0. The van der Waals surface area contributed by atoms with E-state index in [0.717, 1.165) is 55.2 Å². The molecule has 5 heteroatoms. The van der Waals surface area contributed by atoms with Crippen LogP contribution >= 0.6 is 0 Å². The number of likely N-dealkylation sites (tertiary alicyclic amines) is 1. The molecule has 3 aromatic carbocycles. The summed E-state index contributed by atoms with van der Waals surface area (Å²) in [6, 6.07) is 27.7. The van der Waals surface area contributed by atoms with Crippen LogP contribution in [0.1, 0.15) is 35.6 Å². The maximum Gasteiger partial charge on any atom is 0.191 e. The van der Waals surface area contributed by atoms with Crippen LogP contribution in [0.25, 0.3) is 5.70 Å². The summed E-state index contributed by atoms with van der Waals surface area (Å²) in [5.74, 6) is 1.87.